The Bertz CT molecular complexity index is 1380. The number of hydrogen-bond acceptors (Lipinski definition) is 5. The quantitative estimate of drug-likeness (QED) is 0.408. The predicted molar refractivity (Wildman–Crippen MR) is 126 cm³/mol. The number of nitrogens with one attached hydrogen (secondary N) is 1. The monoisotopic (exact) mass is 463 g/mol. The Labute approximate surface area is 195 Å². The number of aromatic nitrogens is 2. The Balaban J connectivity index is 1.61. The number of amides is 1. The Morgan fingerprint density at radius 1 is 1.29 bits per heavy atom. The highest BCUT2D eigenvalue weighted by molar-refractivity contribution is 6.10. The van der Waals surface area contributed by atoms with Crippen molar-refractivity contribution in [2.24, 2.45) is 0 Å². The number of benzene rings is 2. The molecule has 2 aromatic carbocycles. The largest absolute Gasteiger partial charge is 0.491 e. The van der Waals surface area contributed by atoms with E-state index < -0.39 is 24.4 Å². The number of nitrogens with zero attached hydrogens (tertiary/aromatic N) is 2. The summed E-state index contributed by atoms with van der Waals surface area (Å²) in [6.45, 7) is 2.25. The van der Waals surface area contributed by atoms with Crippen LogP contribution in [0, 0.1) is 5.82 Å². The van der Waals surface area contributed by atoms with Crippen LogP contribution in [-0.4, -0.2) is 56.9 Å². The zero-order chi connectivity index (χ0) is 23.8. The second-order valence-corrected chi connectivity index (χ2v) is 8.49. The fourth-order valence-corrected chi connectivity index (χ4v) is 4.73. The summed E-state index contributed by atoms with van der Waals surface area (Å²) >= 11 is 0. The number of carbonyl (C=O) groups is 1. The molecule has 2 aromatic heterocycles. The van der Waals surface area contributed by atoms with Crippen LogP contribution in [0.4, 0.5) is 4.39 Å². The lowest BCUT2D eigenvalue weighted by Gasteiger charge is -2.30. The molecular weight excluding hydrogens is 437 g/mol. The van der Waals surface area contributed by atoms with E-state index in [1.165, 1.54) is 11.0 Å². The van der Waals surface area contributed by atoms with Gasteiger partial charge in [0.15, 0.2) is 17.7 Å². The molecule has 1 unspecified atom stereocenters. The maximum Gasteiger partial charge on any atom is 0.254 e. The fraction of sp³-hybridized carbons (Fsp3) is 0.308. The average Bonchev–Trinajstić information content (AvgIpc) is 3.25. The van der Waals surface area contributed by atoms with Gasteiger partial charge in [0.1, 0.15) is 0 Å². The minimum atomic E-state index is -1.44. The van der Waals surface area contributed by atoms with Crippen molar-refractivity contribution in [3.63, 3.8) is 0 Å². The van der Waals surface area contributed by atoms with Crippen molar-refractivity contribution < 1.29 is 24.1 Å². The van der Waals surface area contributed by atoms with Gasteiger partial charge in [-0.05, 0) is 42.7 Å². The molecule has 0 saturated carbocycles. The lowest BCUT2D eigenvalue weighted by Crippen LogP contribution is -2.43. The lowest BCUT2D eigenvalue weighted by atomic mass is 9.96. The number of H-pyrrole nitrogens is 1. The van der Waals surface area contributed by atoms with E-state index in [0.29, 0.717) is 26.0 Å². The van der Waals surface area contributed by atoms with Gasteiger partial charge in [0.05, 0.1) is 36.7 Å². The first kappa shape index (κ1) is 22.3. The third-order valence-corrected chi connectivity index (χ3v) is 6.32. The Hall–Kier alpha value is -3.49. The SMILES string of the molecule is CCOc1ccc(Cc2nc3c(c4c2[nH]c2ccccc24)CCN(C(=O)C(O)CO)C3)cc1F. The molecule has 0 bridgehead atoms. The summed E-state index contributed by atoms with van der Waals surface area (Å²) in [4.78, 5) is 22.4. The second kappa shape index (κ2) is 9.04. The summed E-state index contributed by atoms with van der Waals surface area (Å²) < 4.78 is 19.8. The minimum Gasteiger partial charge on any atom is -0.491 e. The van der Waals surface area contributed by atoms with Crippen molar-refractivity contribution in [2.75, 3.05) is 19.8 Å². The number of aliphatic hydroxyl groups is 2. The molecule has 8 heteroatoms. The van der Waals surface area contributed by atoms with Crippen molar-refractivity contribution in [2.45, 2.75) is 32.4 Å². The first-order chi connectivity index (χ1) is 16.5. The Morgan fingerprint density at radius 2 is 2.12 bits per heavy atom. The molecule has 1 amide bonds. The zero-order valence-corrected chi connectivity index (χ0v) is 18.8. The molecule has 1 aliphatic heterocycles. The smallest absolute Gasteiger partial charge is 0.254 e. The van der Waals surface area contributed by atoms with Crippen LogP contribution in [-0.2, 0) is 24.2 Å². The zero-order valence-electron chi connectivity index (χ0n) is 18.8. The first-order valence-electron chi connectivity index (χ1n) is 11.4. The molecule has 4 aromatic rings. The summed E-state index contributed by atoms with van der Waals surface area (Å²) in [5.41, 5.74) is 5.23. The number of carbonyl (C=O) groups excluding carboxylic acids is 1. The molecule has 0 aliphatic carbocycles. The third-order valence-electron chi connectivity index (χ3n) is 6.32. The maximum atomic E-state index is 14.5. The van der Waals surface area contributed by atoms with Gasteiger partial charge in [-0.1, -0.05) is 24.3 Å². The highest BCUT2D eigenvalue weighted by atomic mass is 19.1. The van der Waals surface area contributed by atoms with E-state index in [9.17, 15) is 19.4 Å². The van der Waals surface area contributed by atoms with Gasteiger partial charge in [-0.25, -0.2) is 4.39 Å². The molecule has 7 nitrogen and oxygen atoms in total. The number of ether oxygens (including phenoxy) is 1. The van der Waals surface area contributed by atoms with E-state index in [0.717, 1.165) is 44.3 Å². The molecule has 0 fully saturated rings. The number of para-hydroxylation sites is 1. The van der Waals surface area contributed by atoms with Crippen molar-refractivity contribution in [3.8, 4) is 5.75 Å². The van der Waals surface area contributed by atoms with Crippen molar-refractivity contribution in [1.82, 2.24) is 14.9 Å². The summed E-state index contributed by atoms with van der Waals surface area (Å²) in [6.07, 6.45) is -0.458. The molecule has 5 rings (SSSR count). The summed E-state index contributed by atoms with van der Waals surface area (Å²) in [6, 6.07) is 13.0. The van der Waals surface area contributed by atoms with Gasteiger partial charge in [-0.15, -0.1) is 0 Å². The van der Waals surface area contributed by atoms with E-state index in [2.05, 4.69) is 11.1 Å². The molecule has 3 N–H and O–H groups in total. The number of hydrogen-bond donors (Lipinski definition) is 3. The highest BCUT2D eigenvalue weighted by Crippen LogP contribution is 2.35. The fourth-order valence-electron chi connectivity index (χ4n) is 4.73. The molecule has 0 spiro atoms. The number of aliphatic hydroxyl groups excluding tert-OH is 2. The van der Waals surface area contributed by atoms with Crippen LogP contribution < -0.4 is 4.74 Å². The molecule has 0 radical (unpaired) electrons. The van der Waals surface area contributed by atoms with Crippen molar-refractivity contribution >= 4 is 27.7 Å². The maximum absolute atomic E-state index is 14.5. The third kappa shape index (κ3) is 3.89. The van der Waals surface area contributed by atoms with Gasteiger partial charge < -0.3 is 24.8 Å². The normalized spacial score (nSPS) is 14.4. The van der Waals surface area contributed by atoms with Crippen LogP contribution in [0.2, 0.25) is 0 Å². The van der Waals surface area contributed by atoms with Gasteiger partial charge in [0.2, 0.25) is 0 Å². The van der Waals surface area contributed by atoms with Gasteiger partial charge >= 0.3 is 0 Å². The Kier molecular flexibility index (Phi) is 5.93. The van der Waals surface area contributed by atoms with Crippen LogP contribution >= 0.6 is 0 Å². The number of fused-ring (bicyclic) bond motifs is 5. The molecule has 1 atom stereocenters. The van der Waals surface area contributed by atoms with Gasteiger partial charge in [-0.3, -0.25) is 9.78 Å². The number of halogens is 1. The van der Waals surface area contributed by atoms with Gasteiger partial charge in [0, 0.05) is 29.3 Å². The van der Waals surface area contributed by atoms with Crippen LogP contribution in [0.25, 0.3) is 21.8 Å². The molecule has 1 aliphatic rings. The van der Waals surface area contributed by atoms with E-state index in [1.54, 1.807) is 6.07 Å². The van der Waals surface area contributed by atoms with Gasteiger partial charge in [0.25, 0.3) is 5.91 Å². The number of rotatable bonds is 6. The average molecular weight is 464 g/mol. The van der Waals surface area contributed by atoms with Crippen LogP contribution in [0.3, 0.4) is 0 Å². The van der Waals surface area contributed by atoms with E-state index in [4.69, 9.17) is 9.72 Å². The van der Waals surface area contributed by atoms with Crippen LogP contribution in [0.15, 0.2) is 42.5 Å². The molecule has 176 valence electrons. The van der Waals surface area contributed by atoms with Gasteiger partial charge in [-0.2, -0.15) is 0 Å². The van der Waals surface area contributed by atoms with Crippen molar-refractivity contribution in [3.05, 3.63) is 70.8 Å². The van der Waals surface area contributed by atoms with E-state index in [1.807, 2.05) is 31.2 Å². The Morgan fingerprint density at radius 3 is 2.88 bits per heavy atom. The standard InChI is InChI=1S/C26H26FN3O4/c1-2-34-23-8-7-15(11-18(23)27)12-20-25-24(16-5-3-4-6-19(16)29-25)17-9-10-30(13-21(17)28-20)26(33)22(32)14-31/h3-8,11,22,29,31-32H,2,9-10,12-14H2,1H3. The van der Waals surface area contributed by atoms with E-state index in [-0.39, 0.29) is 12.3 Å². The summed E-state index contributed by atoms with van der Waals surface area (Å²) in [5, 5.41) is 21.2. The molecule has 34 heavy (non-hydrogen) atoms. The van der Waals surface area contributed by atoms with Crippen molar-refractivity contribution in [1.29, 1.82) is 0 Å². The number of aromatic amines is 1. The highest BCUT2D eigenvalue weighted by Gasteiger charge is 2.29. The predicted octanol–water partition coefficient (Wildman–Crippen LogP) is 3.08. The van der Waals surface area contributed by atoms with E-state index >= 15 is 0 Å². The van der Waals surface area contributed by atoms with Crippen LogP contribution in [0.5, 0.6) is 5.75 Å². The molecular formula is C26H26FN3O4. The summed E-state index contributed by atoms with van der Waals surface area (Å²) in [7, 11) is 0. The lowest BCUT2D eigenvalue weighted by molar-refractivity contribution is -0.143. The van der Waals surface area contributed by atoms with Crippen LogP contribution in [0.1, 0.15) is 29.4 Å². The molecule has 0 saturated heterocycles. The second-order valence-electron chi connectivity index (χ2n) is 8.49. The number of pyridine rings is 1. The topological polar surface area (TPSA) is 98.7 Å². The summed E-state index contributed by atoms with van der Waals surface area (Å²) in [5.74, 6) is -0.707. The minimum absolute atomic E-state index is 0.219. The first-order valence-corrected chi connectivity index (χ1v) is 11.4. The molecule has 3 heterocycles.